The molecule has 1 aromatic heterocycles. The standard InChI is InChI=1S/C17H29NO2/c1-2-3-4-5-6-7-8-11-16-20-17(19)12-15-18-13-9-10-14-18/h9-10,13-14H,2-8,11-12,15-16H2,1H3. The monoisotopic (exact) mass is 279 g/mol. The van der Waals surface area contributed by atoms with E-state index >= 15 is 0 Å². The lowest BCUT2D eigenvalue weighted by Gasteiger charge is -2.05. The van der Waals surface area contributed by atoms with Gasteiger partial charge in [0, 0.05) is 18.9 Å². The summed E-state index contributed by atoms with van der Waals surface area (Å²) < 4.78 is 7.23. The van der Waals surface area contributed by atoms with Crippen molar-refractivity contribution in [1.82, 2.24) is 4.57 Å². The molecule has 0 saturated heterocycles. The maximum absolute atomic E-state index is 11.5. The lowest BCUT2D eigenvalue weighted by Crippen LogP contribution is -2.09. The van der Waals surface area contributed by atoms with Crippen LogP contribution < -0.4 is 0 Å². The first-order valence-electron chi connectivity index (χ1n) is 8.09. The molecule has 0 aliphatic rings. The summed E-state index contributed by atoms with van der Waals surface area (Å²) in [5.41, 5.74) is 0. The van der Waals surface area contributed by atoms with Gasteiger partial charge < -0.3 is 9.30 Å². The van der Waals surface area contributed by atoms with Gasteiger partial charge in [-0.25, -0.2) is 0 Å². The molecule has 1 aromatic rings. The molecule has 0 amide bonds. The molecule has 20 heavy (non-hydrogen) atoms. The Bertz CT molecular complexity index is 333. The number of aryl methyl sites for hydroxylation is 1. The van der Waals surface area contributed by atoms with E-state index in [2.05, 4.69) is 6.92 Å². The van der Waals surface area contributed by atoms with Crippen LogP contribution in [0.3, 0.4) is 0 Å². The molecule has 0 radical (unpaired) electrons. The van der Waals surface area contributed by atoms with Gasteiger partial charge in [-0.1, -0.05) is 51.9 Å². The van der Waals surface area contributed by atoms with E-state index < -0.39 is 0 Å². The number of hydrogen-bond donors (Lipinski definition) is 0. The molecule has 1 rings (SSSR count). The Morgan fingerprint density at radius 3 is 2.20 bits per heavy atom. The molecule has 0 fully saturated rings. The smallest absolute Gasteiger partial charge is 0.307 e. The van der Waals surface area contributed by atoms with Gasteiger partial charge in [-0.05, 0) is 18.6 Å². The molecule has 0 aliphatic heterocycles. The highest BCUT2D eigenvalue weighted by atomic mass is 16.5. The third-order valence-corrected chi connectivity index (χ3v) is 3.50. The number of ether oxygens (including phenoxy) is 1. The van der Waals surface area contributed by atoms with E-state index in [0.29, 0.717) is 19.6 Å². The van der Waals surface area contributed by atoms with E-state index in [4.69, 9.17) is 4.74 Å². The van der Waals surface area contributed by atoms with Crippen LogP contribution in [0.1, 0.15) is 64.7 Å². The normalized spacial score (nSPS) is 10.7. The number of hydrogen-bond acceptors (Lipinski definition) is 2. The van der Waals surface area contributed by atoms with E-state index in [1.807, 2.05) is 29.1 Å². The number of unbranched alkanes of at least 4 members (excludes halogenated alkanes) is 7. The van der Waals surface area contributed by atoms with Crippen molar-refractivity contribution in [2.45, 2.75) is 71.3 Å². The van der Waals surface area contributed by atoms with Gasteiger partial charge in [0.2, 0.25) is 0 Å². The van der Waals surface area contributed by atoms with Crippen molar-refractivity contribution in [2.24, 2.45) is 0 Å². The van der Waals surface area contributed by atoms with Crippen molar-refractivity contribution in [2.75, 3.05) is 6.61 Å². The Hall–Kier alpha value is -1.25. The average molecular weight is 279 g/mol. The van der Waals surface area contributed by atoms with Gasteiger partial charge in [-0.3, -0.25) is 4.79 Å². The molecular weight excluding hydrogens is 250 g/mol. The summed E-state index contributed by atoms with van der Waals surface area (Å²) in [6, 6.07) is 3.93. The molecule has 3 nitrogen and oxygen atoms in total. The molecule has 0 aliphatic carbocycles. The van der Waals surface area contributed by atoms with Gasteiger partial charge in [0.15, 0.2) is 0 Å². The minimum absolute atomic E-state index is 0.0818. The van der Waals surface area contributed by atoms with Gasteiger partial charge >= 0.3 is 5.97 Å². The van der Waals surface area contributed by atoms with Gasteiger partial charge in [0.25, 0.3) is 0 Å². The second-order valence-corrected chi connectivity index (χ2v) is 5.37. The molecule has 1 heterocycles. The minimum Gasteiger partial charge on any atom is -0.466 e. The van der Waals surface area contributed by atoms with Crippen molar-refractivity contribution < 1.29 is 9.53 Å². The fourth-order valence-corrected chi connectivity index (χ4v) is 2.23. The first-order valence-corrected chi connectivity index (χ1v) is 8.09. The molecule has 0 saturated carbocycles. The topological polar surface area (TPSA) is 31.2 Å². The third-order valence-electron chi connectivity index (χ3n) is 3.50. The van der Waals surface area contributed by atoms with Crippen molar-refractivity contribution in [3.8, 4) is 0 Å². The van der Waals surface area contributed by atoms with E-state index in [9.17, 15) is 4.79 Å². The zero-order chi connectivity index (χ0) is 14.5. The average Bonchev–Trinajstić information content (AvgIpc) is 2.96. The van der Waals surface area contributed by atoms with Crippen LogP contribution in [0.25, 0.3) is 0 Å². The summed E-state index contributed by atoms with van der Waals surface area (Å²) >= 11 is 0. The Morgan fingerprint density at radius 1 is 0.950 bits per heavy atom. The Kier molecular flexibility index (Phi) is 9.72. The number of nitrogens with zero attached hydrogens (tertiary/aromatic N) is 1. The van der Waals surface area contributed by atoms with Crippen LogP contribution in [-0.4, -0.2) is 17.1 Å². The van der Waals surface area contributed by atoms with Gasteiger partial charge in [-0.2, -0.15) is 0 Å². The third kappa shape index (κ3) is 8.78. The Labute approximate surface area is 123 Å². The number of carbonyl (C=O) groups is 1. The number of carbonyl (C=O) groups excluding carboxylic acids is 1. The van der Waals surface area contributed by atoms with Crippen LogP contribution in [0.2, 0.25) is 0 Å². The highest BCUT2D eigenvalue weighted by molar-refractivity contribution is 5.69. The number of aromatic nitrogens is 1. The van der Waals surface area contributed by atoms with Crippen molar-refractivity contribution in [3.63, 3.8) is 0 Å². The Balaban J connectivity index is 1.84. The predicted octanol–water partition coefficient (Wildman–Crippen LogP) is 4.56. The van der Waals surface area contributed by atoms with Crippen LogP contribution >= 0.6 is 0 Å². The fraction of sp³-hybridized carbons (Fsp3) is 0.706. The first kappa shape index (κ1) is 16.8. The quantitative estimate of drug-likeness (QED) is 0.415. The molecule has 3 heteroatoms. The van der Waals surface area contributed by atoms with Crippen molar-refractivity contribution in [3.05, 3.63) is 24.5 Å². The molecule has 114 valence electrons. The zero-order valence-corrected chi connectivity index (χ0v) is 12.9. The molecule has 0 atom stereocenters. The summed E-state index contributed by atoms with van der Waals surface area (Å²) in [5.74, 6) is -0.0818. The zero-order valence-electron chi connectivity index (χ0n) is 12.9. The van der Waals surface area contributed by atoms with Crippen LogP contribution in [0, 0.1) is 0 Å². The van der Waals surface area contributed by atoms with E-state index in [-0.39, 0.29) is 5.97 Å². The molecule has 0 N–H and O–H groups in total. The van der Waals surface area contributed by atoms with Crippen LogP contribution in [0.4, 0.5) is 0 Å². The highest BCUT2D eigenvalue weighted by Gasteiger charge is 2.02. The van der Waals surface area contributed by atoms with E-state index in [1.165, 1.54) is 44.9 Å². The van der Waals surface area contributed by atoms with Crippen LogP contribution in [0.5, 0.6) is 0 Å². The summed E-state index contributed by atoms with van der Waals surface area (Å²) in [7, 11) is 0. The lowest BCUT2D eigenvalue weighted by molar-refractivity contribution is -0.144. The van der Waals surface area contributed by atoms with Crippen LogP contribution in [-0.2, 0) is 16.1 Å². The van der Waals surface area contributed by atoms with Gasteiger partial charge in [0.05, 0.1) is 13.0 Å². The number of esters is 1. The second-order valence-electron chi connectivity index (χ2n) is 5.37. The van der Waals surface area contributed by atoms with Crippen LogP contribution in [0.15, 0.2) is 24.5 Å². The molecule has 0 spiro atoms. The molecule has 0 bridgehead atoms. The highest BCUT2D eigenvalue weighted by Crippen LogP contribution is 2.08. The van der Waals surface area contributed by atoms with Crippen molar-refractivity contribution >= 4 is 5.97 Å². The van der Waals surface area contributed by atoms with Gasteiger partial charge in [-0.15, -0.1) is 0 Å². The Morgan fingerprint density at radius 2 is 1.55 bits per heavy atom. The predicted molar refractivity (Wildman–Crippen MR) is 82.6 cm³/mol. The fourth-order valence-electron chi connectivity index (χ4n) is 2.23. The largest absolute Gasteiger partial charge is 0.466 e. The maximum Gasteiger partial charge on any atom is 0.307 e. The second kappa shape index (κ2) is 11.6. The van der Waals surface area contributed by atoms with E-state index in [0.717, 1.165) is 6.42 Å². The molecule has 0 unspecified atom stereocenters. The summed E-state index contributed by atoms with van der Waals surface area (Å²) in [6.07, 6.45) is 14.5. The molecule has 0 aromatic carbocycles. The summed E-state index contributed by atoms with van der Waals surface area (Å²) in [5, 5.41) is 0. The van der Waals surface area contributed by atoms with Gasteiger partial charge in [0.1, 0.15) is 0 Å². The maximum atomic E-state index is 11.5. The minimum atomic E-state index is -0.0818. The molecular formula is C17H29NO2. The summed E-state index contributed by atoms with van der Waals surface area (Å²) in [6.45, 7) is 3.54. The lowest BCUT2D eigenvalue weighted by atomic mass is 10.1. The first-order chi connectivity index (χ1) is 9.83. The number of rotatable bonds is 12. The van der Waals surface area contributed by atoms with Crippen molar-refractivity contribution in [1.29, 1.82) is 0 Å². The SMILES string of the molecule is CCCCCCCCCCOC(=O)CCn1cccc1. The van der Waals surface area contributed by atoms with E-state index in [1.54, 1.807) is 0 Å². The summed E-state index contributed by atoms with van der Waals surface area (Å²) in [4.78, 5) is 11.5.